The van der Waals surface area contributed by atoms with Crippen molar-refractivity contribution in [1.29, 1.82) is 0 Å². The van der Waals surface area contributed by atoms with Crippen LogP contribution in [-0.2, 0) is 16.0 Å². The number of nitrogens with zero attached hydrogens (tertiary/aromatic N) is 3. The fourth-order valence-corrected chi connectivity index (χ4v) is 5.53. The summed E-state index contributed by atoms with van der Waals surface area (Å²) in [4.78, 5) is 19.1. The van der Waals surface area contributed by atoms with Gasteiger partial charge in [0.2, 0.25) is 0 Å². The average molecular weight is 437 g/mol. The van der Waals surface area contributed by atoms with E-state index in [-0.39, 0.29) is 29.3 Å². The van der Waals surface area contributed by atoms with E-state index in [0.29, 0.717) is 12.3 Å². The highest BCUT2D eigenvalue weighted by molar-refractivity contribution is 6.06. The summed E-state index contributed by atoms with van der Waals surface area (Å²) >= 11 is 0. The van der Waals surface area contributed by atoms with Gasteiger partial charge in [0.1, 0.15) is 0 Å². The second-order valence-corrected chi connectivity index (χ2v) is 10.5. The minimum absolute atomic E-state index is 0.0475. The molecule has 1 aliphatic carbocycles. The Morgan fingerprint density at radius 2 is 2.03 bits per heavy atom. The summed E-state index contributed by atoms with van der Waals surface area (Å²) in [6.45, 7) is 9.55. The summed E-state index contributed by atoms with van der Waals surface area (Å²) in [5, 5.41) is 10.4. The normalized spacial score (nSPS) is 28.0. The standard InChI is InChI=1S/C26H36N4O2/c1-7-16-14-30(5)22-13-19-17-10-8-9-11-20(17)28-24(19)21(29-27-15-26(2,3)4)12-18(16)23(22)25(31)32-6/h8-11,15-16,18,22-23,28H,7,12-14H2,1-6H3/b27-15-,29-21+/t16-,18+,22-,23+/m0/s1. The quantitative estimate of drug-likeness (QED) is 0.431. The summed E-state index contributed by atoms with van der Waals surface area (Å²) in [5.41, 5.74) is 4.29. The highest BCUT2D eigenvalue weighted by Gasteiger charge is 2.48. The topological polar surface area (TPSA) is 70.0 Å². The molecular weight excluding hydrogens is 400 g/mol. The third-order valence-corrected chi connectivity index (χ3v) is 7.14. The highest BCUT2D eigenvalue weighted by atomic mass is 16.5. The molecule has 0 radical (unpaired) electrons. The van der Waals surface area contributed by atoms with Gasteiger partial charge in [0.05, 0.1) is 24.4 Å². The van der Waals surface area contributed by atoms with Crippen LogP contribution in [-0.4, -0.2) is 54.5 Å². The molecule has 4 rings (SSSR count). The van der Waals surface area contributed by atoms with Crippen molar-refractivity contribution < 1.29 is 9.53 Å². The molecular formula is C26H36N4O2. The summed E-state index contributed by atoms with van der Waals surface area (Å²) < 4.78 is 5.34. The van der Waals surface area contributed by atoms with Crippen molar-refractivity contribution in [2.75, 3.05) is 20.7 Å². The molecule has 1 N–H and O–H groups in total. The SMILES string of the molecule is CC[C@H]1CN(C)[C@H]2Cc3c([nH]c4ccccc34)/C(=N/N=C\C(C)(C)C)C[C@H]1[C@H]2C(=O)OC. The number of likely N-dealkylation sites (tertiary alicyclic amines) is 1. The predicted octanol–water partition coefficient (Wildman–Crippen LogP) is 4.68. The zero-order valence-electron chi connectivity index (χ0n) is 20.2. The lowest BCUT2D eigenvalue weighted by molar-refractivity contribution is -0.154. The van der Waals surface area contributed by atoms with Crippen molar-refractivity contribution in [1.82, 2.24) is 9.88 Å². The molecule has 6 heteroatoms. The number of H-pyrrole nitrogens is 1. The fraction of sp³-hybridized carbons (Fsp3) is 0.577. The Morgan fingerprint density at radius 3 is 2.72 bits per heavy atom. The van der Waals surface area contributed by atoms with Crippen molar-refractivity contribution in [3.63, 3.8) is 0 Å². The van der Waals surface area contributed by atoms with Gasteiger partial charge in [0, 0.05) is 29.7 Å². The van der Waals surface area contributed by atoms with Crippen LogP contribution in [0.5, 0.6) is 0 Å². The van der Waals surface area contributed by atoms with Crippen LogP contribution in [0.1, 0.15) is 51.8 Å². The van der Waals surface area contributed by atoms with Crippen molar-refractivity contribution in [3.05, 3.63) is 35.5 Å². The van der Waals surface area contributed by atoms with E-state index in [0.717, 1.165) is 36.3 Å². The number of nitrogens with one attached hydrogen (secondary N) is 1. The van der Waals surface area contributed by atoms with Gasteiger partial charge in [-0.3, -0.25) is 4.79 Å². The number of carbonyl (C=O) groups is 1. The number of fused-ring (bicyclic) bond motifs is 5. The average Bonchev–Trinajstić information content (AvgIpc) is 3.10. The minimum Gasteiger partial charge on any atom is -0.469 e. The number of rotatable bonds is 3. The molecule has 2 bridgehead atoms. The number of hydrogen-bond acceptors (Lipinski definition) is 5. The van der Waals surface area contributed by atoms with Gasteiger partial charge < -0.3 is 14.6 Å². The maximum absolute atomic E-state index is 13.1. The first kappa shape index (κ1) is 22.7. The zero-order chi connectivity index (χ0) is 23.0. The molecule has 2 heterocycles. The van der Waals surface area contributed by atoms with Crippen LogP contribution in [0.3, 0.4) is 0 Å². The summed E-state index contributed by atoms with van der Waals surface area (Å²) in [6.07, 6.45) is 4.41. The van der Waals surface area contributed by atoms with Crippen LogP contribution in [0.2, 0.25) is 0 Å². The van der Waals surface area contributed by atoms with Crippen LogP contribution >= 0.6 is 0 Å². The number of likely N-dealkylation sites (N-methyl/N-ethyl adjacent to an activating group) is 1. The number of piperidine rings is 1. The number of benzene rings is 1. The number of carbonyl (C=O) groups excluding carboxylic acids is 1. The maximum Gasteiger partial charge on any atom is 0.310 e. The molecule has 0 saturated carbocycles. The Balaban J connectivity index is 1.91. The molecule has 1 fully saturated rings. The van der Waals surface area contributed by atoms with Gasteiger partial charge in [-0.15, -0.1) is 0 Å². The van der Waals surface area contributed by atoms with E-state index in [2.05, 4.69) is 74.0 Å². The van der Waals surface area contributed by atoms with Crippen LogP contribution in [0.15, 0.2) is 34.5 Å². The second-order valence-electron chi connectivity index (χ2n) is 10.5. The molecule has 1 aliphatic heterocycles. The monoisotopic (exact) mass is 436 g/mol. The Labute approximate surface area is 191 Å². The molecule has 1 aromatic carbocycles. The molecule has 2 aliphatic rings. The van der Waals surface area contributed by atoms with E-state index in [1.165, 1.54) is 18.1 Å². The second kappa shape index (κ2) is 8.81. The number of methoxy groups -OCH3 is 1. The lowest BCUT2D eigenvalue weighted by Crippen LogP contribution is -2.56. The zero-order valence-corrected chi connectivity index (χ0v) is 20.2. The van der Waals surface area contributed by atoms with Crippen molar-refractivity contribution >= 4 is 28.8 Å². The van der Waals surface area contributed by atoms with E-state index in [4.69, 9.17) is 9.84 Å². The number of aromatic nitrogens is 1. The molecule has 6 nitrogen and oxygen atoms in total. The lowest BCUT2D eigenvalue weighted by Gasteiger charge is -2.48. The molecule has 0 unspecified atom stereocenters. The van der Waals surface area contributed by atoms with E-state index in [9.17, 15) is 4.79 Å². The number of ether oxygens (including phenoxy) is 1. The van der Waals surface area contributed by atoms with E-state index >= 15 is 0 Å². The third-order valence-electron chi connectivity index (χ3n) is 7.14. The van der Waals surface area contributed by atoms with Crippen molar-refractivity contribution in [2.24, 2.45) is 33.4 Å². The largest absolute Gasteiger partial charge is 0.469 e. The van der Waals surface area contributed by atoms with Gasteiger partial charge >= 0.3 is 5.97 Å². The third kappa shape index (κ3) is 4.25. The number of para-hydroxylation sites is 1. The lowest BCUT2D eigenvalue weighted by atomic mass is 9.67. The first-order valence-corrected chi connectivity index (χ1v) is 11.7. The Bertz CT molecular complexity index is 1050. The van der Waals surface area contributed by atoms with Gasteiger partial charge in [-0.1, -0.05) is 52.3 Å². The minimum atomic E-state index is -0.178. The predicted molar refractivity (Wildman–Crippen MR) is 130 cm³/mol. The van der Waals surface area contributed by atoms with Gasteiger partial charge in [0.25, 0.3) is 0 Å². The van der Waals surface area contributed by atoms with Crippen LogP contribution < -0.4 is 0 Å². The Kier molecular flexibility index (Phi) is 6.26. The van der Waals surface area contributed by atoms with Crippen LogP contribution in [0.25, 0.3) is 10.9 Å². The number of aromatic amines is 1. The molecule has 32 heavy (non-hydrogen) atoms. The Morgan fingerprint density at radius 1 is 1.28 bits per heavy atom. The maximum atomic E-state index is 13.1. The first-order chi connectivity index (χ1) is 15.2. The fourth-order valence-electron chi connectivity index (χ4n) is 5.53. The molecule has 1 saturated heterocycles. The number of hydrogen-bond donors (Lipinski definition) is 1. The molecule has 4 atom stereocenters. The van der Waals surface area contributed by atoms with E-state index < -0.39 is 0 Å². The first-order valence-electron chi connectivity index (χ1n) is 11.7. The van der Waals surface area contributed by atoms with Gasteiger partial charge in [0.15, 0.2) is 0 Å². The van der Waals surface area contributed by atoms with Crippen LogP contribution in [0.4, 0.5) is 0 Å². The smallest absolute Gasteiger partial charge is 0.310 e. The van der Waals surface area contributed by atoms with E-state index in [1.807, 2.05) is 6.21 Å². The molecule has 172 valence electrons. The van der Waals surface area contributed by atoms with Crippen LogP contribution in [0, 0.1) is 23.2 Å². The van der Waals surface area contributed by atoms with Gasteiger partial charge in [-0.2, -0.15) is 10.2 Å². The summed E-state index contributed by atoms with van der Waals surface area (Å²) in [7, 11) is 3.66. The molecule has 1 aromatic heterocycles. The molecule has 2 aromatic rings. The van der Waals surface area contributed by atoms with Crippen molar-refractivity contribution in [3.8, 4) is 0 Å². The van der Waals surface area contributed by atoms with Gasteiger partial charge in [-0.05, 0) is 48.8 Å². The Hall–Kier alpha value is -2.47. The molecule has 0 amide bonds. The summed E-state index contributed by atoms with van der Waals surface area (Å²) in [5.74, 6) is 0.299. The van der Waals surface area contributed by atoms with Crippen molar-refractivity contribution in [2.45, 2.75) is 53.0 Å². The van der Waals surface area contributed by atoms with Gasteiger partial charge in [-0.25, -0.2) is 0 Å². The highest BCUT2D eigenvalue weighted by Crippen LogP contribution is 2.42. The summed E-state index contributed by atoms with van der Waals surface area (Å²) in [6, 6.07) is 8.49. The molecule has 0 spiro atoms. The van der Waals surface area contributed by atoms with E-state index in [1.54, 1.807) is 0 Å². The number of esters is 1.